The van der Waals surface area contributed by atoms with E-state index in [9.17, 15) is 4.79 Å². The molecule has 0 radical (unpaired) electrons. The van der Waals surface area contributed by atoms with Crippen LogP contribution in [0, 0.1) is 0 Å². The average Bonchev–Trinajstić information content (AvgIpc) is 3.11. The summed E-state index contributed by atoms with van der Waals surface area (Å²) in [5, 5.41) is 3.41. The fourth-order valence-electron chi connectivity index (χ4n) is 3.40. The lowest BCUT2D eigenvalue weighted by atomic mass is 10.1. The molecule has 114 valence electrons. The highest BCUT2D eigenvalue weighted by molar-refractivity contribution is 5.84. The van der Waals surface area contributed by atoms with Crippen LogP contribution < -0.4 is 5.32 Å². The standard InChI is InChI=1S/C17H25N3O/c1-14-17(21)20(13-7-12-19-10-5-6-11-19)16(18-14)15-8-3-2-4-9-15/h2-4,8-9,14,16,18H,5-7,10-13H2,1H3. The molecule has 1 N–H and O–H groups in total. The molecule has 2 unspecified atom stereocenters. The van der Waals surface area contributed by atoms with Gasteiger partial charge in [0.15, 0.2) is 0 Å². The van der Waals surface area contributed by atoms with Crippen LogP contribution in [0.4, 0.5) is 0 Å². The lowest BCUT2D eigenvalue weighted by Crippen LogP contribution is -2.33. The Morgan fingerprint density at radius 2 is 1.86 bits per heavy atom. The van der Waals surface area contributed by atoms with Crippen LogP contribution in [-0.4, -0.2) is 47.9 Å². The summed E-state index contributed by atoms with van der Waals surface area (Å²) in [6.45, 7) is 6.36. The van der Waals surface area contributed by atoms with Crippen molar-refractivity contribution in [2.24, 2.45) is 0 Å². The molecule has 2 heterocycles. The van der Waals surface area contributed by atoms with Crippen molar-refractivity contribution >= 4 is 5.91 Å². The molecule has 2 saturated heterocycles. The predicted octanol–water partition coefficient (Wildman–Crippen LogP) is 1.99. The summed E-state index contributed by atoms with van der Waals surface area (Å²) >= 11 is 0. The van der Waals surface area contributed by atoms with Crippen molar-refractivity contribution < 1.29 is 4.79 Å². The maximum Gasteiger partial charge on any atom is 0.241 e. The molecule has 0 aliphatic carbocycles. The van der Waals surface area contributed by atoms with E-state index in [2.05, 4.69) is 22.3 Å². The van der Waals surface area contributed by atoms with Crippen molar-refractivity contribution in [2.75, 3.05) is 26.2 Å². The van der Waals surface area contributed by atoms with E-state index in [4.69, 9.17) is 0 Å². The molecule has 1 aromatic rings. The summed E-state index contributed by atoms with van der Waals surface area (Å²) in [7, 11) is 0. The Hall–Kier alpha value is -1.39. The summed E-state index contributed by atoms with van der Waals surface area (Å²) in [4.78, 5) is 16.9. The maximum absolute atomic E-state index is 12.4. The van der Waals surface area contributed by atoms with Crippen molar-refractivity contribution in [1.29, 1.82) is 0 Å². The zero-order valence-electron chi connectivity index (χ0n) is 12.8. The Labute approximate surface area is 127 Å². The molecule has 1 amide bonds. The zero-order valence-corrected chi connectivity index (χ0v) is 12.8. The fraction of sp³-hybridized carbons (Fsp3) is 0.588. The SMILES string of the molecule is CC1NC(c2ccccc2)N(CCCN2CCCC2)C1=O. The van der Waals surface area contributed by atoms with Crippen molar-refractivity contribution in [3.63, 3.8) is 0 Å². The van der Waals surface area contributed by atoms with Crippen LogP contribution in [0.5, 0.6) is 0 Å². The lowest BCUT2D eigenvalue weighted by molar-refractivity contribution is -0.129. The van der Waals surface area contributed by atoms with Gasteiger partial charge in [0.25, 0.3) is 0 Å². The smallest absolute Gasteiger partial charge is 0.241 e. The Morgan fingerprint density at radius 1 is 1.14 bits per heavy atom. The van der Waals surface area contributed by atoms with Crippen LogP contribution in [-0.2, 0) is 4.79 Å². The molecule has 0 spiro atoms. The second-order valence-corrected chi connectivity index (χ2v) is 6.14. The molecule has 2 aliphatic rings. The molecule has 21 heavy (non-hydrogen) atoms. The number of hydrogen-bond acceptors (Lipinski definition) is 3. The van der Waals surface area contributed by atoms with E-state index >= 15 is 0 Å². The maximum atomic E-state index is 12.4. The summed E-state index contributed by atoms with van der Waals surface area (Å²) < 4.78 is 0. The minimum absolute atomic E-state index is 0.0345. The molecule has 2 fully saturated rings. The van der Waals surface area contributed by atoms with E-state index in [0.717, 1.165) is 19.5 Å². The van der Waals surface area contributed by atoms with Gasteiger partial charge < -0.3 is 9.80 Å². The van der Waals surface area contributed by atoms with Crippen molar-refractivity contribution in [1.82, 2.24) is 15.1 Å². The molecule has 4 heteroatoms. The van der Waals surface area contributed by atoms with Crippen LogP contribution in [0.3, 0.4) is 0 Å². The van der Waals surface area contributed by atoms with Gasteiger partial charge in [-0.15, -0.1) is 0 Å². The summed E-state index contributed by atoms with van der Waals surface area (Å²) in [5.74, 6) is 0.227. The van der Waals surface area contributed by atoms with Gasteiger partial charge in [-0.25, -0.2) is 0 Å². The average molecular weight is 287 g/mol. The second kappa shape index (κ2) is 6.58. The number of rotatable bonds is 5. The third kappa shape index (κ3) is 3.27. The Kier molecular flexibility index (Phi) is 4.56. The number of amides is 1. The molecule has 2 atom stereocenters. The molecule has 1 aromatic carbocycles. The molecule has 2 aliphatic heterocycles. The number of hydrogen-bond donors (Lipinski definition) is 1. The van der Waals surface area contributed by atoms with Crippen LogP contribution in [0.2, 0.25) is 0 Å². The highest BCUT2D eigenvalue weighted by atomic mass is 16.2. The monoisotopic (exact) mass is 287 g/mol. The van der Waals surface area contributed by atoms with Crippen LogP contribution in [0.1, 0.15) is 37.9 Å². The third-order valence-electron chi connectivity index (χ3n) is 4.56. The third-order valence-corrected chi connectivity index (χ3v) is 4.56. The van der Waals surface area contributed by atoms with Gasteiger partial charge in [0.1, 0.15) is 6.17 Å². The highest BCUT2D eigenvalue weighted by Gasteiger charge is 2.36. The number of likely N-dealkylation sites (tertiary alicyclic amines) is 1. The van der Waals surface area contributed by atoms with E-state index in [1.807, 2.05) is 30.0 Å². The number of benzene rings is 1. The van der Waals surface area contributed by atoms with E-state index < -0.39 is 0 Å². The van der Waals surface area contributed by atoms with Crippen molar-refractivity contribution in [3.05, 3.63) is 35.9 Å². The van der Waals surface area contributed by atoms with E-state index in [1.165, 1.54) is 31.5 Å². The topological polar surface area (TPSA) is 35.6 Å². The Morgan fingerprint density at radius 3 is 2.57 bits per heavy atom. The minimum atomic E-state index is -0.0815. The quantitative estimate of drug-likeness (QED) is 0.899. The minimum Gasteiger partial charge on any atom is -0.322 e. The predicted molar refractivity (Wildman–Crippen MR) is 83.8 cm³/mol. The van der Waals surface area contributed by atoms with Gasteiger partial charge in [0.05, 0.1) is 6.04 Å². The van der Waals surface area contributed by atoms with Crippen molar-refractivity contribution in [2.45, 2.75) is 38.4 Å². The first-order chi connectivity index (χ1) is 10.3. The van der Waals surface area contributed by atoms with Crippen molar-refractivity contribution in [3.8, 4) is 0 Å². The largest absolute Gasteiger partial charge is 0.322 e. The van der Waals surface area contributed by atoms with Gasteiger partial charge in [-0.1, -0.05) is 30.3 Å². The normalized spacial score (nSPS) is 26.7. The van der Waals surface area contributed by atoms with Gasteiger partial charge in [0.2, 0.25) is 5.91 Å². The molecule has 4 nitrogen and oxygen atoms in total. The van der Waals surface area contributed by atoms with Gasteiger partial charge >= 0.3 is 0 Å². The van der Waals surface area contributed by atoms with E-state index in [0.29, 0.717) is 0 Å². The van der Waals surface area contributed by atoms with Crippen LogP contribution >= 0.6 is 0 Å². The Balaban J connectivity index is 1.61. The van der Waals surface area contributed by atoms with Gasteiger partial charge in [0, 0.05) is 6.54 Å². The first-order valence-corrected chi connectivity index (χ1v) is 8.09. The first kappa shape index (κ1) is 14.5. The molecule has 0 bridgehead atoms. The lowest BCUT2D eigenvalue weighted by Gasteiger charge is -2.25. The summed E-state index contributed by atoms with van der Waals surface area (Å²) in [5.41, 5.74) is 1.18. The molecular formula is C17H25N3O. The van der Waals surface area contributed by atoms with E-state index in [-0.39, 0.29) is 18.1 Å². The fourth-order valence-corrected chi connectivity index (χ4v) is 3.40. The summed E-state index contributed by atoms with van der Waals surface area (Å²) in [6, 6.07) is 10.2. The molecular weight excluding hydrogens is 262 g/mol. The second-order valence-electron chi connectivity index (χ2n) is 6.14. The number of nitrogens with zero attached hydrogens (tertiary/aromatic N) is 2. The molecule has 0 aromatic heterocycles. The van der Waals surface area contributed by atoms with Gasteiger partial charge in [-0.2, -0.15) is 0 Å². The highest BCUT2D eigenvalue weighted by Crippen LogP contribution is 2.25. The van der Waals surface area contributed by atoms with Gasteiger partial charge in [-0.05, 0) is 51.4 Å². The summed E-state index contributed by atoms with van der Waals surface area (Å²) in [6.07, 6.45) is 3.75. The Bertz CT molecular complexity index is 470. The zero-order chi connectivity index (χ0) is 14.7. The number of carbonyl (C=O) groups is 1. The number of nitrogens with one attached hydrogen (secondary N) is 1. The molecule has 0 saturated carbocycles. The van der Waals surface area contributed by atoms with Crippen LogP contribution in [0.25, 0.3) is 0 Å². The first-order valence-electron chi connectivity index (χ1n) is 8.09. The van der Waals surface area contributed by atoms with E-state index in [1.54, 1.807) is 0 Å². The molecule has 3 rings (SSSR count). The number of carbonyl (C=O) groups excluding carboxylic acids is 1. The van der Waals surface area contributed by atoms with Gasteiger partial charge in [-0.3, -0.25) is 10.1 Å². The van der Waals surface area contributed by atoms with Crippen LogP contribution in [0.15, 0.2) is 30.3 Å².